The van der Waals surface area contributed by atoms with Gasteiger partial charge in [-0.2, -0.15) is 0 Å². The van der Waals surface area contributed by atoms with E-state index in [2.05, 4.69) is 24.5 Å². The van der Waals surface area contributed by atoms with E-state index in [1.807, 2.05) is 0 Å². The van der Waals surface area contributed by atoms with Gasteiger partial charge in [0.2, 0.25) is 5.91 Å². The fourth-order valence-electron chi connectivity index (χ4n) is 1.52. The van der Waals surface area contributed by atoms with E-state index in [9.17, 15) is 13.6 Å². The summed E-state index contributed by atoms with van der Waals surface area (Å²) in [5.41, 5.74) is 0.270. The summed E-state index contributed by atoms with van der Waals surface area (Å²) >= 11 is 0. The fourth-order valence-corrected chi connectivity index (χ4v) is 1.52. The van der Waals surface area contributed by atoms with E-state index < -0.39 is 11.6 Å². The molecular formula is C14H20F2N2O. The van der Waals surface area contributed by atoms with Gasteiger partial charge in [0.05, 0.1) is 0 Å². The number of benzene rings is 1. The van der Waals surface area contributed by atoms with E-state index in [-0.39, 0.29) is 11.6 Å². The van der Waals surface area contributed by atoms with Crippen LogP contribution in [-0.4, -0.2) is 19.0 Å². The van der Waals surface area contributed by atoms with Gasteiger partial charge in [-0.05, 0) is 31.0 Å². The molecule has 0 aliphatic rings. The molecule has 1 aromatic rings. The Morgan fingerprint density at radius 3 is 2.58 bits per heavy atom. The Labute approximate surface area is 112 Å². The van der Waals surface area contributed by atoms with Gasteiger partial charge in [0, 0.05) is 24.7 Å². The molecule has 19 heavy (non-hydrogen) atoms. The number of carbonyl (C=O) groups excluding carboxylic acids is 1. The summed E-state index contributed by atoms with van der Waals surface area (Å²) in [6.07, 6.45) is 1.36. The van der Waals surface area contributed by atoms with Crippen molar-refractivity contribution in [2.75, 3.05) is 18.4 Å². The van der Waals surface area contributed by atoms with Gasteiger partial charge >= 0.3 is 0 Å². The van der Waals surface area contributed by atoms with Crippen LogP contribution in [0.4, 0.5) is 14.5 Å². The van der Waals surface area contributed by atoms with Crippen molar-refractivity contribution < 1.29 is 13.6 Å². The third-order valence-electron chi connectivity index (χ3n) is 2.63. The van der Waals surface area contributed by atoms with Crippen LogP contribution in [0.1, 0.15) is 26.7 Å². The van der Waals surface area contributed by atoms with Crippen LogP contribution in [-0.2, 0) is 4.79 Å². The number of amides is 1. The minimum Gasteiger partial charge on any atom is -0.326 e. The van der Waals surface area contributed by atoms with Crippen molar-refractivity contribution in [2.24, 2.45) is 5.92 Å². The lowest BCUT2D eigenvalue weighted by molar-refractivity contribution is -0.116. The Bertz CT molecular complexity index is 422. The molecule has 0 aliphatic carbocycles. The van der Waals surface area contributed by atoms with Gasteiger partial charge in [0.25, 0.3) is 0 Å². The fraction of sp³-hybridized carbons (Fsp3) is 0.500. The van der Waals surface area contributed by atoms with E-state index in [1.54, 1.807) is 0 Å². The summed E-state index contributed by atoms with van der Waals surface area (Å²) in [4.78, 5) is 11.5. The molecule has 0 fully saturated rings. The molecule has 106 valence electrons. The lowest BCUT2D eigenvalue weighted by atomic mass is 10.1. The van der Waals surface area contributed by atoms with Gasteiger partial charge in [0.1, 0.15) is 0 Å². The average molecular weight is 270 g/mol. The molecule has 2 N–H and O–H groups in total. The second kappa shape index (κ2) is 7.84. The number of halogens is 2. The summed E-state index contributed by atoms with van der Waals surface area (Å²) in [6, 6.07) is 3.30. The molecule has 1 rings (SSSR count). The number of carbonyl (C=O) groups is 1. The zero-order valence-electron chi connectivity index (χ0n) is 11.3. The maximum atomic E-state index is 12.9. The lowest BCUT2D eigenvalue weighted by Gasteiger charge is -2.08. The summed E-state index contributed by atoms with van der Waals surface area (Å²) < 4.78 is 25.6. The van der Waals surface area contributed by atoms with Crippen LogP contribution in [0, 0.1) is 17.6 Å². The van der Waals surface area contributed by atoms with Crippen LogP contribution in [0.15, 0.2) is 18.2 Å². The summed E-state index contributed by atoms with van der Waals surface area (Å²) in [6.45, 7) is 5.72. The second-order valence-electron chi connectivity index (χ2n) is 4.86. The summed E-state index contributed by atoms with van der Waals surface area (Å²) in [7, 11) is 0. The van der Waals surface area contributed by atoms with Gasteiger partial charge in [-0.1, -0.05) is 13.8 Å². The van der Waals surface area contributed by atoms with E-state index in [1.165, 1.54) is 6.07 Å². The molecule has 0 saturated heterocycles. The normalized spacial score (nSPS) is 10.8. The first-order chi connectivity index (χ1) is 8.99. The van der Waals surface area contributed by atoms with Crippen molar-refractivity contribution in [3.05, 3.63) is 29.8 Å². The highest BCUT2D eigenvalue weighted by atomic mass is 19.2. The Morgan fingerprint density at radius 1 is 1.21 bits per heavy atom. The zero-order chi connectivity index (χ0) is 14.3. The molecule has 5 heteroatoms. The SMILES string of the molecule is CC(C)CCNCCC(=O)Nc1ccc(F)c(F)c1. The smallest absolute Gasteiger partial charge is 0.225 e. The molecule has 0 spiro atoms. The molecule has 0 aromatic heterocycles. The molecule has 3 nitrogen and oxygen atoms in total. The molecular weight excluding hydrogens is 250 g/mol. The molecule has 0 heterocycles. The van der Waals surface area contributed by atoms with Crippen LogP contribution in [0.5, 0.6) is 0 Å². The molecule has 0 aliphatic heterocycles. The van der Waals surface area contributed by atoms with E-state index in [0.717, 1.165) is 25.1 Å². The first kappa shape index (κ1) is 15.6. The van der Waals surface area contributed by atoms with Crippen molar-refractivity contribution in [2.45, 2.75) is 26.7 Å². The van der Waals surface area contributed by atoms with E-state index in [4.69, 9.17) is 0 Å². The molecule has 1 amide bonds. The Kier molecular flexibility index (Phi) is 6.42. The molecule has 1 aromatic carbocycles. The topological polar surface area (TPSA) is 41.1 Å². The van der Waals surface area contributed by atoms with Crippen molar-refractivity contribution in [3.63, 3.8) is 0 Å². The Hall–Kier alpha value is -1.49. The monoisotopic (exact) mass is 270 g/mol. The van der Waals surface area contributed by atoms with Gasteiger partial charge in [-0.15, -0.1) is 0 Å². The number of rotatable bonds is 7. The van der Waals surface area contributed by atoms with Crippen LogP contribution >= 0.6 is 0 Å². The van der Waals surface area contributed by atoms with Crippen LogP contribution < -0.4 is 10.6 Å². The van der Waals surface area contributed by atoms with Crippen LogP contribution in [0.25, 0.3) is 0 Å². The van der Waals surface area contributed by atoms with Crippen LogP contribution in [0.2, 0.25) is 0 Å². The third kappa shape index (κ3) is 6.29. The van der Waals surface area contributed by atoms with E-state index >= 15 is 0 Å². The zero-order valence-corrected chi connectivity index (χ0v) is 11.3. The molecule has 0 bridgehead atoms. The van der Waals surface area contributed by atoms with Crippen molar-refractivity contribution in [1.82, 2.24) is 5.32 Å². The number of anilines is 1. The minimum atomic E-state index is -0.965. The third-order valence-corrected chi connectivity index (χ3v) is 2.63. The highest BCUT2D eigenvalue weighted by molar-refractivity contribution is 5.90. The van der Waals surface area contributed by atoms with Crippen molar-refractivity contribution in [3.8, 4) is 0 Å². The minimum absolute atomic E-state index is 0.219. The second-order valence-corrected chi connectivity index (χ2v) is 4.86. The number of hydrogen-bond donors (Lipinski definition) is 2. The average Bonchev–Trinajstić information content (AvgIpc) is 2.33. The lowest BCUT2D eigenvalue weighted by Crippen LogP contribution is -2.23. The van der Waals surface area contributed by atoms with Crippen LogP contribution in [0.3, 0.4) is 0 Å². The summed E-state index contributed by atoms with van der Waals surface area (Å²) in [5.74, 6) is -1.48. The Balaban J connectivity index is 2.25. The quantitative estimate of drug-likeness (QED) is 0.748. The largest absolute Gasteiger partial charge is 0.326 e. The Morgan fingerprint density at radius 2 is 1.95 bits per heavy atom. The predicted octanol–water partition coefficient (Wildman–Crippen LogP) is 2.93. The molecule has 0 atom stereocenters. The molecule has 0 radical (unpaired) electrons. The van der Waals surface area contributed by atoms with Gasteiger partial charge < -0.3 is 10.6 Å². The van der Waals surface area contributed by atoms with Gasteiger partial charge in [-0.25, -0.2) is 8.78 Å². The highest BCUT2D eigenvalue weighted by Crippen LogP contribution is 2.13. The maximum absolute atomic E-state index is 12.9. The molecule has 0 saturated carbocycles. The maximum Gasteiger partial charge on any atom is 0.225 e. The number of nitrogens with one attached hydrogen (secondary N) is 2. The summed E-state index contributed by atoms with van der Waals surface area (Å²) in [5, 5.41) is 5.68. The first-order valence-corrected chi connectivity index (χ1v) is 6.44. The molecule has 0 unspecified atom stereocenters. The van der Waals surface area contributed by atoms with Gasteiger partial charge in [0.15, 0.2) is 11.6 Å². The van der Waals surface area contributed by atoms with Crippen molar-refractivity contribution >= 4 is 11.6 Å². The highest BCUT2D eigenvalue weighted by Gasteiger charge is 2.06. The van der Waals surface area contributed by atoms with Gasteiger partial charge in [-0.3, -0.25) is 4.79 Å². The van der Waals surface area contributed by atoms with Crippen molar-refractivity contribution in [1.29, 1.82) is 0 Å². The number of hydrogen-bond acceptors (Lipinski definition) is 2. The van der Waals surface area contributed by atoms with E-state index in [0.29, 0.717) is 18.9 Å². The first-order valence-electron chi connectivity index (χ1n) is 6.44. The predicted molar refractivity (Wildman–Crippen MR) is 71.9 cm³/mol. The standard InChI is InChI=1S/C14H20F2N2O/c1-10(2)5-7-17-8-6-14(19)18-11-3-4-12(15)13(16)9-11/h3-4,9-10,17H,5-8H2,1-2H3,(H,18,19).